The summed E-state index contributed by atoms with van der Waals surface area (Å²) >= 11 is 0. The van der Waals surface area contributed by atoms with Crippen LogP contribution in [0.15, 0.2) is 42.7 Å². The molecule has 28 heavy (non-hydrogen) atoms. The molecule has 2 fully saturated rings. The lowest BCUT2D eigenvalue weighted by atomic mass is 10.0. The second kappa shape index (κ2) is 8.39. The van der Waals surface area contributed by atoms with Gasteiger partial charge in [-0.25, -0.2) is 4.39 Å². The Bertz CT molecular complexity index is 826. The van der Waals surface area contributed by atoms with Gasteiger partial charge >= 0.3 is 0 Å². The van der Waals surface area contributed by atoms with E-state index >= 15 is 0 Å². The minimum absolute atomic E-state index is 0.172. The van der Waals surface area contributed by atoms with E-state index in [9.17, 15) is 9.18 Å². The van der Waals surface area contributed by atoms with Crippen molar-refractivity contribution in [2.24, 2.45) is 0 Å². The Morgan fingerprint density at radius 2 is 2.04 bits per heavy atom. The lowest BCUT2D eigenvalue weighted by Crippen LogP contribution is -2.47. The Morgan fingerprint density at radius 1 is 1.14 bits per heavy atom. The molecule has 1 aromatic carbocycles. The summed E-state index contributed by atoms with van der Waals surface area (Å²) in [5, 5.41) is 0. The van der Waals surface area contributed by atoms with Crippen molar-refractivity contribution in [3.8, 4) is 11.1 Å². The third-order valence-electron chi connectivity index (χ3n) is 6.22. The number of carbonyl (C=O) groups is 1. The summed E-state index contributed by atoms with van der Waals surface area (Å²) in [6, 6.07) is 9.35. The van der Waals surface area contributed by atoms with Crippen molar-refractivity contribution in [2.45, 2.75) is 51.1 Å². The molecule has 4 nitrogen and oxygen atoms in total. The number of amides is 1. The van der Waals surface area contributed by atoms with Crippen LogP contribution in [0.3, 0.4) is 0 Å². The molecule has 0 saturated carbocycles. The number of halogens is 1. The third kappa shape index (κ3) is 3.95. The van der Waals surface area contributed by atoms with Crippen LogP contribution in [0.1, 0.15) is 49.4 Å². The van der Waals surface area contributed by atoms with Crippen LogP contribution in [-0.2, 0) is 0 Å². The monoisotopic (exact) mass is 381 g/mol. The maximum absolute atomic E-state index is 14.8. The fraction of sp³-hybridized carbons (Fsp3) is 0.478. The minimum atomic E-state index is -0.455. The molecule has 1 amide bonds. The first-order chi connectivity index (χ1) is 13.6. The molecule has 0 N–H and O–H groups in total. The molecule has 0 bridgehead atoms. The Labute approximate surface area is 166 Å². The largest absolute Gasteiger partial charge is 0.334 e. The van der Waals surface area contributed by atoms with Crippen molar-refractivity contribution >= 4 is 5.91 Å². The van der Waals surface area contributed by atoms with E-state index in [-0.39, 0.29) is 17.5 Å². The summed E-state index contributed by atoms with van der Waals surface area (Å²) in [7, 11) is 0. The van der Waals surface area contributed by atoms with Gasteiger partial charge in [0.2, 0.25) is 0 Å². The average Bonchev–Trinajstić information content (AvgIpc) is 3.18. The molecular weight excluding hydrogens is 353 g/mol. The van der Waals surface area contributed by atoms with Gasteiger partial charge < -0.3 is 4.90 Å². The number of hydrogen-bond donors (Lipinski definition) is 0. The fourth-order valence-electron chi connectivity index (χ4n) is 4.55. The summed E-state index contributed by atoms with van der Waals surface area (Å²) in [4.78, 5) is 21.6. The maximum Gasteiger partial charge on any atom is 0.257 e. The van der Waals surface area contributed by atoms with E-state index in [0.29, 0.717) is 6.04 Å². The second-order valence-electron chi connectivity index (χ2n) is 8.07. The van der Waals surface area contributed by atoms with Crippen molar-refractivity contribution in [2.75, 3.05) is 19.6 Å². The molecule has 0 aliphatic carbocycles. The zero-order valence-corrected chi connectivity index (χ0v) is 16.5. The summed E-state index contributed by atoms with van der Waals surface area (Å²) in [5.74, 6) is -0.634. The number of likely N-dealkylation sites (tertiary alicyclic amines) is 2. The molecule has 4 rings (SSSR count). The molecule has 0 radical (unpaired) electrons. The van der Waals surface area contributed by atoms with Gasteiger partial charge in [0, 0.05) is 43.1 Å². The highest BCUT2D eigenvalue weighted by molar-refractivity contribution is 5.95. The number of pyridine rings is 1. The quantitative estimate of drug-likeness (QED) is 0.789. The predicted octanol–water partition coefficient (Wildman–Crippen LogP) is 4.37. The Balaban J connectivity index is 1.50. The van der Waals surface area contributed by atoms with Gasteiger partial charge in [0.25, 0.3) is 5.91 Å². The zero-order valence-electron chi connectivity index (χ0n) is 16.5. The molecule has 2 unspecified atom stereocenters. The maximum atomic E-state index is 14.8. The normalized spacial score (nSPS) is 23.1. The topological polar surface area (TPSA) is 36.4 Å². The number of aromatic nitrogens is 1. The highest BCUT2D eigenvalue weighted by Crippen LogP contribution is 2.27. The van der Waals surface area contributed by atoms with Crippen molar-refractivity contribution in [1.29, 1.82) is 0 Å². The first-order valence-corrected chi connectivity index (χ1v) is 10.4. The molecule has 1 aromatic heterocycles. The standard InChI is InChI=1S/C23H28FN3O/c1-17-6-2-3-12-26(17)16-20-8-5-13-27(20)23(28)21-10-9-18(14-22(21)24)19-7-4-11-25-15-19/h4,7,9-11,14-15,17,20H,2-3,5-6,8,12-13,16H2,1H3. The van der Waals surface area contributed by atoms with Crippen LogP contribution in [-0.4, -0.2) is 52.4 Å². The van der Waals surface area contributed by atoms with Crippen molar-refractivity contribution in [1.82, 2.24) is 14.8 Å². The van der Waals surface area contributed by atoms with Crippen LogP contribution in [0.25, 0.3) is 11.1 Å². The highest BCUT2D eigenvalue weighted by atomic mass is 19.1. The number of nitrogens with zero attached hydrogens (tertiary/aromatic N) is 3. The molecule has 2 aliphatic rings. The van der Waals surface area contributed by atoms with E-state index in [0.717, 1.165) is 43.6 Å². The molecular formula is C23H28FN3O. The van der Waals surface area contributed by atoms with E-state index in [1.807, 2.05) is 23.1 Å². The van der Waals surface area contributed by atoms with Crippen LogP contribution in [0, 0.1) is 5.82 Å². The van der Waals surface area contributed by atoms with E-state index in [1.54, 1.807) is 18.5 Å². The van der Waals surface area contributed by atoms with Crippen LogP contribution in [0.5, 0.6) is 0 Å². The van der Waals surface area contributed by atoms with Gasteiger partial charge in [-0.2, -0.15) is 0 Å². The van der Waals surface area contributed by atoms with Gasteiger partial charge in [0.15, 0.2) is 0 Å². The second-order valence-corrected chi connectivity index (χ2v) is 8.07. The van der Waals surface area contributed by atoms with E-state index in [2.05, 4.69) is 16.8 Å². The number of hydrogen-bond acceptors (Lipinski definition) is 3. The Kier molecular flexibility index (Phi) is 5.72. The zero-order chi connectivity index (χ0) is 19.5. The van der Waals surface area contributed by atoms with Crippen LogP contribution < -0.4 is 0 Å². The van der Waals surface area contributed by atoms with Gasteiger partial charge in [0.1, 0.15) is 5.82 Å². The number of rotatable bonds is 4. The van der Waals surface area contributed by atoms with E-state index < -0.39 is 5.82 Å². The molecule has 2 aliphatic heterocycles. The van der Waals surface area contributed by atoms with Crippen molar-refractivity contribution in [3.05, 3.63) is 54.1 Å². The lowest BCUT2D eigenvalue weighted by molar-refractivity contribution is 0.0647. The van der Waals surface area contributed by atoms with Crippen molar-refractivity contribution < 1.29 is 9.18 Å². The van der Waals surface area contributed by atoms with Gasteiger partial charge in [-0.1, -0.05) is 18.6 Å². The van der Waals surface area contributed by atoms with E-state index in [1.165, 1.54) is 25.3 Å². The van der Waals surface area contributed by atoms with Crippen LogP contribution >= 0.6 is 0 Å². The summed E-state index contributed by atoms with van der Waals surface area (Å²) in [6.45, 7) is 5.00. The first kappa shape index (κ1) is 19.1. The molecule has 0 spiro atoms. The minimum Gasteiger partial charge on any atom is -0.334 e. The summed E-state index contributed by atoms with van der Waals surface area (Å²) in [5.41, 5.74) is 1.76. The Hall–Kier alpha value is -2.27. The average molecular weight is 381 g/mol. The van der Waals surface area contributed by atoms with Gasteiger partial charge in [-0.3, -0.25) is 14.7 Å². The predicted molar refractivity (Wildman–Crippen MR) is 109 cm³/mol. The Morgan fingerprint density at radius 3 is 2.79 bits per heavy atom. The molecule has 148 valence electrons. The fourth-order valence-corrected chi connectivity index (χ4v) is 4.55. The van der Waals surface area contributed by atoms with Gasteiger partial charge in [-0.15, -0.1) is 0 Å². The number of piperidine rings is 1. The summed E-state index contributed by atoms with van der Waals surface area (Å²) in [6.07, 6.45) is 9.14. The summed E-state index contributed by atoms with van der Waals surface area (Å²) < 4.78 is 14.8. The van der Waals surface area contributed by atoms with Crippen LogP contribution in [0.4, 0.5) is 4.39 Å². The number of benzene rings is 1. The molecule has 3 heterocycles. The van der Waals surface area contributed by atoms with Crippen molar-refractivity contribution in [3.63, 3.8) is 0 Å². The molecule has 2 saturated heterocycles. The van der Waals surface area contributed by atoms with E-state index in [4.69, 9.17) is 0 Å². The smallest absolute Gasteiger partial charge is 0.257 e. The third-order valence-corrected chi connectivity index (χ3v) is 6.22. The van der Waals surface area contributed by atoms with Gasteiger partial charge in [-0.05, 0) is 62.9 Å². The first-order valence-electron chi connectivity index (χ1n) is 10.4. The lowest BCUT2D eigenvalue weighted by Gasteiger charge is -2.37. The number of carbonyl (C=O) groups excluding carboxylic acids is 1. The molecule has 2 aromatic rings. The SMILES string of the molecule is CC1CCCCN1CC1CCCN1C(=O)c1ccc(-c2cccnc2)cc1F. The van der Waals surface area contributed by atoms with Gasteiger partial charge in [0.05, 0.1) is 5.56 Å². The highest BCUT2D eigenvalue weighted by Gasteiger charge is 2.33. The van der Waals surface area contributed by atoms with Crippen LogP contribution in [0.2, 0.25) is 0 Å². The molecule has 2 atom stereocenters. The molecule has 5 heteroatoms.